The van der Waals surface area contributed by atoms with E-state index in [1.807, 2.05) is 0 Å². The Balaban J connectivity index is 1.49. The van der Waals surface area contributed by atoms with Crippen LogP contribution in [-0.2, 0) is 25.3 Å². The molecule has 6 heteroatoms. The highest BCUT2D eigenvalue weighted by Gasteiger charge is 2.71. The average Bonchev–Trinajstić information content (AvgIpc) is 3.36. The number of allylic oxidation sites excluding steroid dienone is 2. The van der Waals surface area contributed by atoms with Crippen molar-refractivity contribution < 1.29 is 18.5 Å². The number of esters is 1. The van der Waals surface area contributed by atoms with Crippen LogP contribution in [-0.4, -0.2) is 39.3 Å². The molecule has 4 bridgehead atoms. The normalized spacial score (nSPS) is 49.7. The topological polar surface area (TPSA) is 63.7 Å². The summed E-state index contributed by atoms with van der Waals surface area (Å²) in [4.78, 5) is 26.0. The van der Waals surface area contributed by atoms with Gasteiger partial charge in [-0.1, -0.05) is 26.0 Å². The van der Waals surface area contributed by atoms with E-state index in [9.17, 15) is 13.8 Å². The highest BCUT2D eigenvalue weighted by Crippen LogP contribution is 2.69. The molecule has 26 heavy (non-hydrogen) atoms. The zero-order valence-electron chi connectivity index (χ0n) is 15.6. The first-order chi connectivity index (χ1) is 12.3. The Morgan fingerprint density at radius 3 is 2.50 bits per heavy atom. The van der Waals surface area contributed by atoms with Crippen LogP contribution in [0.4, 0.5) is 0 Å². The van der Waals surface area contributed by atoms with Crippen molar-refractivity contribution in [1.82, 2.24) is 4.31 Å². The molecule has 8 atom stereocenters. The van der Waals surface area contributed by atoms with Crippen LogP contribution in [0.2, 0.25) is 0 Å². The van der Waals surface area contributed by atoms with Crippen LogP contribution in [0.25, 0.3) is 0 Å². The number of carbonyl (C=O) groups is 2. The van der Waals surface area contributed by atoms with Crippen molar-refractivity contribution >= 4 is 22.9 Å². The van der Waals surface area contributed by atoms with Gasteiger partial charge < -0.3 is 4.74 Å². The van der Waals surface area contributed by atoms with Crippen LogP contribution >= 0.6 is 0 Å². The molecule has 0 aromatic carbocycles. The summed E-state index contributed by atoms with van der Waals surface area (Å²) in [5.74, 6) is 0.193. The second kappa shape index (κ2) is 5.21. The van der Waals surface area contributed by atoms with Gasteiger partial charge in [0.15, 0.2) is 0 Å². The van der Waals surface area contributed by atoms with Crippen LogP contribution in [0, 0.1) is 40.4 Å². The summed E-state index contributed by atoms with van der Waals surface area (Å²) in [5, 5.41) is 0. The molecular weight excluding hydrogens is 350 g/mol. The van der Waals surface area contributed by atoms with Gasteiger partial charge in [-0.3, -0.25) is 13.9 Å². The van der Waals surface area contributed by atoms with Gasteiger partial charge in [-0.2, -0.15) is 0 Å². The van der Waals surface area contributed by atoms with E-state index in [1.165, 1.54) is 13.5 Å². The van der Waals surface area contributed by atoms with Crippen LogP contribution in [0.15, 0.2) is 12.2 Å². The Hall–Kier alpha value is -1.17. The summed E-state index contributed by atoms with van der Waals surface area (Å²) in [6, 6.07) is 0.0750. The summed E-state index contributed by atoms with van der Waals surface area (Å²) in [7, 11) is 0.111. The lowest BCUT2D eigenvalue weighted by atomic mass is 9.69. The SMILES string of the molecule is COC(=O)[C@@H]1[C@@H](C(=O)N2[C@@H]3C[C@H]4CC[C@]3(CS2=O)C4(C)C)[C@H]2C=C[C@@H]1C2. The lowest BCUT2D eigenvalue weighted by Crippen LogP contribution is -2.48. The fourth-order valence-electron chi connectivity index (χ4n) is 7.15. The van der Waals surface area contributed by atoms with Crippen molar-refractivity contribution in [2.45, 2.75) is 45.6 Å². The Morgan fingerprint density at radius 1 is 1.15 bits per heavy atom. The third-order valence-corrected chi connectivity index (χ3v) is 10.3. The molecule has 0 aromatic rings. The van der Waals surface area contributed by atoms with E-state index in [4.69, 9.17) is 4.74 Å². The number of hydrogen-bond acceptors (Lipinski definition) is 4. The molecule has 5 rings (SSSR count). The van der Waals surface area contributed by atoms with E-state index in [2.05, 4.69) is 26.0 Å². The number of carbonyl (C=O) groups excluding carboxylic acids is 2. The first-order valence-electron chi connectivity index (χ1n) is 9.79. The van der Waals surface area contributed by atoms with E-state index in [1.54, 1.807) is 4.31 Å². The van der Waals surface area contributed by atoms with Gasteiger partial charge in [0.25, 0.3) is 0 Å². The second-order valence-electron chi connectivity index (χ2n) is 9.52. The van der Waals surface area contributed by atoms with Crippen molar-refractivity contribution in [3.8, 4) is 0 Å². The Morgan fingerprint density at radius 2 is 1.85 bits per heavy atom. The van der Waals surface area contributed by atoms with Crippen LogP contribution in [0.3, 0.4) is 0 Å². The summed E-state index contributed by atoms with van der Waals surface area (Å²) in [6.07, 6.45) is 8.18. The van der Waals surface area contributed by atoms with E-state index < -0.39 is 22.8 Å². The molecule has 1 amide bonds. The van der Waals surface area contributed by atoms with E-state index in [0.717, 1.165) is 19.3 Å². The lowest BCUT2D eigenvalue weighted by molar-refractivity contribution is -0.152. The molecule has 1 saturated heterocycles. The molecular formula is C20H27NO4S. The maximum atomic E-state index is 13.6. The smallest absolute Gasteiger partial charge is 0.310 e. The number of nitrogens with zero attached hydrogens (tertiary/aromatic N) is 1. The molecule has 5 nitrogen and oxygen atoms in total. The number of rotatable bonds is 2. The van der Waals surface area contributed by atoms with Gasteiger partial charge in [0.05, 0.1) is 30.7 Å². The minimum Gasteiger partial charge on any atom is -0.469 e. The molecule has 5 aliphatic rings. The first-order valence-corrected chi connectivity index (χ1v) is 11.1. The van der Waals surface area contributed by atoms with Gasteiger partial charge in [-0.25, -0.2) is 4.21 Å². The molecule has 142 valence electrons. The largest absolute Gasteiger partial charge is 0.469 e. The third kappa shape index (κ3) is 1.80. The quantitative estimate of drug-likeness (QED) is 0.547. The van der Waals surface area contributed by atoms with Gasteiger partial charge in [-0.15, -0.1) is 0 Å². The van der Waals surface area contributed by atoms with Gasteiger partial charge in [0, 0.05) is 5.41 Å². The zero-order chi connectivity index (χ0) is 18.4. The highest BCUT2D eigenvalue weighted by atomic mass is 32.2. The lowest BCUT2D eigenvalue weighted by Gasteiger charge is -2.38. The first kappa shape index (κ1) is 17.0. The molecule has 1 spiro atoms. The molecule has 1 heterocycles. The number of methoxy groups -OCH3 is 1. The van der Waals surface area contributed by atoms with Gasteiger partial charge in [0.1, 0.15) is 11.0 Å². The Kier molecular flexibility index (Phi) is 3.40. The predicted octanol–water partition coefficient (Wildman–Crippen LogP) is 2.30. The van der Waals surface area contributed by atoms with E-state index >= 15 is 0 Å². The van der Waals surface area contributed by atoms with Crippen LogP contribution in [0.5, 0.6) is 0 Å². The number of fused-ring (bicyclic) bond motifs is 3. The molecule has 1 aliphatic heterocycles. The summed E-state index contributed by atoms with van der Waals surface area (Å²) in [5.41, 5.74) is 0.130. The minimum atomic E-state index is -1.28. The molecule has 4 aliphatic carbocycles. The average molecular weight is 378 g/mol. The monoisotopic (exact) mass is 377 g/mol. The maximum absolute atomic E-state index is 13.6. The van der Waals surface area contributed by atoms with Crippen molar-refractivity contribution in [3.05, 3.63) is 12.2 Å². The highest BCUT2D eigenvalue weighted by molar-refractivity contribution is 7.83. The predicted molar refractivity (Wildman–Crippen MR) is 96.9 cm³/mol. The second-order valence-corrected chi connectivity index (χ2v) is 10.8. The van der Waals surface area contributed by atoms with E-state index in [0.29, 0.717) is 11.7 Å². The number of hydrogen-bond donors (Lipinski definition) is 0. The standard InChI is InChI=1S/C20H27NO4S/c1-19(2)13-6-7-20(19)10-26(24)21(14(20)9-13)17(22)15-11-4-5-12(8-11)16(15)18(23)25-3/h4-5,11-16H,6-10H2,1-3H3/t11-,12+,13+,14+,15-,16-,20+,26?/m0/s1. The van der Waals surface area contributed by atoms with Crippen LogP contribution < -0.4 is 0 Å². The van der Waals surface area contributed by atoms with Crippen molar-refractivity contribution in [2.75, 3.05) is 12.9 Å². The summed E-state index contributed by atoms with van der Waals surface area (Å²) in [6.45, 7) is 4.60. The Labute approximate surface area is 157 Å². The van der Waals surface area contributed by atoms with Crippen molar-refractivity contribution in [3.63, 3.8) is 0 Å². The maximum Gasteiger partial charge on any atom is 0.310 e. The van der Waals surface area contributed by atoms with E-state index in [-0.39, 0.29) is 40.6 Å². The molecule has 3 saturated carbocycles. The van der Waals surface area contributed by atoms with Crippen molar-refractivity contribution in [2.24, 2.45) is 40.4 Å². The molecule has 0 radical (unpaired) electrons. The van der Waals surface area contributed by atoms with Crippen LogP contribution in [0.1, 0.15) is 39.5 Å². The number of ether oxygens (including phenoxy) is 1. The van der Waals surface area contributed by atoms with Crippen molar-refractivity contribution in [1.29, 1.82) is 0 Å². The fourth-order valence-corrected chi connectivity index (χ4v) is 9.33. The van der Waals surface area contributed by atoms with Gasteiger partial charge in [-0.05, 0) is 48.9 Å². The summed E-state index contributed by atoms with van der Waals surface area (Å²) >= 11 is 0. The van der Waals surface area contributed by atoms with Gasteiger partial charge in [0.2, 0.25) is 5.91 Å². The summed E-state index contributed by atoms with van der Waals surface area (Å²) < 4.78 is 19.8. The number of amides is 1. The minimum absolute atomic E-state index is 0.00753. The fraction of sp³-hybridized carbons (Fsp3) is 0.800. The third-order valence-electron chi connectivity index (χ3n) is 8.71. The molecule has 0 N–H and O–H groups in total. The van der Waals surface area contributed by atoms with Gasteiger partial charge >= 0.3 is 5.97 Å². The Bertz CT molecular complexity index is 746. The molecule has 0 aromatic heterocycles. The molecule has 1 unspecified atom stereocenters. The molecule has 4 fully saturated rings. The zero-order valence-corrected chi connectivity index (χ0v) is 16.5.